The van der Waals surface area contributed by atoms with Crippen molar-refractivity contribution in [2.75, 3.05) is 33.9 Å². The van der Waals surface area contributed by atoms with Crippen LogP contribution in [0.1, 0.15) is 49.8 Å². The molecule has 0 aliphatic carbocycles. The van der Waals surface area contributed by atoms with Crippen molar-refractivity contribution in [2.45, 2.75) is 45.1 Å². The second-order valence-corrected chi connectivity index (χ2v) is 8.30. The highest BCUT2D eigenvalue weighted by Gasteiger charge is 2.33. The van der Waals surface area contributed by atoms with Crippen LogP contribution in [0.25, 0.3) is 0 Å². The molecule has 1 heterocycles. The summed E-state index contributed by atoms with van der Waals surface area (Å²) in [5.74, 6) is 1.09. The van der Waals surface area contributed by atoms with Gasteiger partial charge in [0.1, 0.15) is 11.9 Å². The summed E-state index contributed by atoms with van der Waals surface area (Å²) in [5, 5.41) is 0. The Bertz CT molecular complexity index is 863. The minimum atomic E-state index is -0.363. The van der Waals surface area contributed by atoms with Gasteiger partial charge in [-0.15, -0.1) is 0 Å². The topological polar surface area (TPSA) is 48.0 Å². The summed E-state index contributed by atoms with van der Waals surface area (Å²) in [4.78, 5) is 14.9. The van der Waals surface area contributed by atoms with Gasteiger partial charge in [0.05, 0.1) is 14.2 Å². The third kappa shape index (κ3) is 6.22. The fraction of sp³-hybridized carbons (Fsp3) is 0.500. The van der Waals surface area contributed by atoms with Crippen LogP contribution in [0.4, 0.5) is 4.39 Å². The van der Waals surface area contributed by atoms with E-state index in [1.807, 2.05) is 37.3 Å². The Labute approximate surface area is 190 Å². The number of nitrogens with zero attached hydrogens (tertiary/aromatic N) is 1. The van der Waals surface area contributed by atoms with E-state index in [0.29, 0.717) is 17.9 Å². The molecule has 2 aromatic rings. The van der Waals surface area contributed by atoms with E-state index in [1.54, 1.807) is 14.2 Å². The largest absolute Gasteiger partial charge is 0.493 e. The maximum Gasteiger partial charge on any atom is 0.306 e. The molecule has 1 fully saturated rings. The fourth-order valence-corrected chi connectivity index (χ4v) is 4.37. The lowest BCUT2D eigenvalue weighted by molar-refractivity contribution is -0.153. The molecular formula is C26H34FNO4. The number of halogens is 1. The van der Waals surface area contributed by atoms with Gasteiger partial charge in [0.25, 0.3) is 0 Å². The summed E-state index contributed by atoms with van der Waals surface area (Å²) in [7, 11) is 3.23. The first-order valence-electron chi connectivity index (χ1n) is 11.4. The number of likely N-dealkylation sites (tertiary alicyclic amines) is 1. The number of hydrogen-bond donors (Lipinski definition) is 0. The molecule has 0 amide bonds. The quantitative estimate of drug-likeness (QED) is 0.474. The number of methoxy groups -OCH3 is 2. The molecular weight excluding hydrogens is 409 g/mol. The van der Waals surface area contributed by atoms with E-state index in [1.165, 1.54) is 12.1 Å². The van der Waals surface area contributed by atoms with E-state index in [0.717, 1.165) is 56.4 Å². The van der Waals surface area contributed by atoms with E-state index in [4.69, 9.17) is 14.2 Å². The van der Waals surface area contributed by atoms with Crippen LogP contribution in [0.3, 0.4) is 0 Å². The molecule has 0 bridgehead atoms. The number of ether oxygens (including phenoxy) is 3. The number of rotatable bonds is 10. The van der Waals surface area contributed by atoms with Gasteiger partial charge in [-0.1, -0.05) is 31.2 Å². The van der Waals surface area contributed by atoms with E-state index < -0.39 is 0 Å². The summed E-state index contributed by atoms with van der Waals surface area (Å²) in [6.07, 6.45) is 3.53. The van der Waals surface area contributed by atoms with E-state index in [9.17, 15) is 9.18 Å². The van der Waals surface area contributed by atoms with Crippen LogP contribution in [0.2, 0.25) is 0 Å². The van der Waals surface area contributed by atoms with Gasteiger partial charge in [-0.3, -0.25) is 4.79 Å². The molecule has 0 spiro atoms. The zero-order valence-corrected chi connectivity index (χ0v) is 19.3. The van der Waals surface area contributed by atoms with Crippen LogP contribution in [0.15, 0.2) is 42.5 Å². The summed E-state index contributed by atoms with van der Waals surface area (Å²) in [6.45, 7) is 4.77. The fourth-order valence-electron chi connectivity index (χ4n) is 4.37. The van der Waals surface area contributed by atoms with Gasteiger partial charge in [-0.05, 0) is 62.5 Å². The molecule has 0 radical (unpaired) electrons. The Morgan fingerprint density at radius 3 is 2.44 bits per heavy atom. The average molecular weight is 444 g/mol. The van der Waals surface area contributed by atoms with Gasteiger partial charge in [0.2, 0.25) is 0 Å². The lowest BCUT2D eigenvalue weighted by Gasteiger charge is -2.36. The Hall–Kier alpha value is -2.60. The van der Waals surface area contributed by atoms with Gasteiger partial charge in [-0.2, -0.15) is 0 Å². The highest BCUT2D eigenvalue weighted by atomic mass is 19.1. The smallest absolute Gasteiger partial charge is 0.306 e. The van der Waals surface area contributed by atoms with E-state index in [2.05, 4.69) is 4.90 Å². The SMILES string of the molecule is CCCC(=O)OC(c1cccc(OC)c1OC)C1CCN(CCc2ccc(F)cc2)CC1. The van der Waals surface area contributed by atoms with Crippen molar-refractivity contribution in [3.05, 3.63) is 59.4 Å². The Morgan fingerprint density at radius 2 is 1.81 bits per heavy atom. The zero-order chi connectivity index (χ0) is 22.9. The van der Waals surface area contributed by atoms with Crippen molar-refractivity contribution in [2.24, 2.45) is 5.92 Å². The highest BCUT2D eigenvalue weighted by molar-refractivity contribution is 5.70. The minimum absolute atomic E-state index is 0.180. The molecule has 32 heavy (non-hydrogen) atoms. The van der Waals surface area contributed by atoms with Crippen molar-refractivity contribution in [1.82, 2.24) is 4.90 Å². The predicted octanol–water partition coefficient (Wildman–Crippen LogP) is 5.18. The van der Waals surface area contributed by atoms with Crippen molar-refractivity contribution >= 4 is 5.97 Å². The molecule has 3 rings (SSSR count). The third-order valence-electron chi connectivity index (χ3n) is 6.14. The normalized spacial score (nSPS) is 15.9. The molecule has 1 aliphatic heterocycles. The van der Waals surface area contributed by atoms with E-state index in [-0.39, 0.29) is 23.8 Å². The Kier molecular flexibility index (Phi) is 8.91. The number of carbonyl (C=O) groups is 1. The van der Waals surface area contributed by atoms with Gasteiger partial charge >= 0.3 is 5.97 Å². The number of esters is 1. The summed E-state index contributed by atoms with van der Waals surface area (Å²) in [5.41, 5.74) is 2.00. The molecule has 6 heteroatoms. The third-order valence-corrected chi connectivity index (χ3v) is 6.14. The van der Waals surface area contributed by atoms with E-state index >= 15 is 0 Å². The van der Waals surface area contributed by atoms with Gasteiger partial charge in [0, 0.05) is 24.4 Å². The molecule has 0 saturated carbocycles. The van der Waals surface area contributed by atoms with Gasteiger partial charge < -0.3 is 19.1 Å². The maximum atomic E-state index is 13.1. The van der Waals surface area contributed by atoms with Crippen LogP contribution in [-0.4, -0.2) is 44.7 Å². The van der Waals surface area contributed by atoms with Crippen LogP contribution >= 0.6 is 0 Å². The molecule has 1 aliphatic rings. The summed E-state index contributed by atoms with van der Waals surface area (Å²) >= 11 is 0. The predicted molar refractivity (Wildman–Crippen MR) is 123 cm³/mol. The van der Waals surface area contributed by atoms with Crippen molar-refractivity contribution < 1.29 is 23.4 Å². The van der Waals surface area contributed by atoms with Crippen molar-refractivity contribution in [3.8, 4) is 11.5 Å². The monoisotopic (exact) mass is 443 g/mol. The molecule has 1 saturated heterocycles. The highest BCUT2D eigenvalue weighted by Crippen LogP contribution is 2.42. The first kappa shape index (κ1) is 24.1. The molecule has 1 unspecified atom stereocenters. The number of piperidine rings is 1. The number of carbonyl (C=O) groups excluding carboxylic acids is 1. The molecule has 174 valence electrons. The minimum Gasteiger partial charge on any atom is -0.493 e. The summed E-state index contributed by atoms with van der Waals surface area (Å²) < 4.78 is 30.2. The van der Waals surface area contributed by atoms with Gasteiger partial charge in [-0.25, -0.2) is 4.39 Å². The van der Waals surface area contributed by atoms with Crippen molar-refractivity contribution in [1.29, 1.82) is 0 Å². The maximum absolute atomic E-state index is 13.1. The lowest BCUT2D eigenvalue weighted by Crippen LogP contribution is -2.37. The molecule has 0 aromatic heterocycles. The van der Waals surface area contributed by atoms with Crippen LogP contribution in [-0.2, 0) is 16.0 Å². The van der Waals surface area contributed by atoms with Crippen LogP contribution in [0.5, 0.6) is 11.5 Å². The number of benzene rings is 2. The first-order valence-corrected chi connectivity index (χ1v) is 11.4. The Morgan fingerprint density at radius 1 is 1.09 bits per heavy atom. The zero-order valence-electron chi connectivity index (χ0n) is 19.3. The second-order valence-electron chi connectivity index (χ2n) is 8.30. The van der Waals surface area contributed by atoms with Crippen LogP contribution < -0.4 is 9.47 Å². The van der Waals surface area contributed by atoms with Crippen molar-refractivity contribution in [3.63, 3.8) is 0 Å². The average Bonchev–Trinajstić information content (AvgIpc) is 2.82. The molecule has 1 atom stereocenters. The van der Waals surface area contributed by atoms with Gasteiger partial charge in [0.15, 0.2) is 11.5 Å². The Balaban J connectivity index is 1.68. The second kappa shape index (κ2) is 11.9. The first-order chi connectivity index (χ1) is 15.5. The van der Waals surface area contributed by atoms with Crippen LogP contribution in [0, 0.1) is 11.7 Å². The molecule has 0 N–H and O–H groups in total. The standard InChI is InChI=1S/C26H34FNO4/c1-4-6-24(29)32-25(22-7-5-8-23(30-2)26(22)31-3)20-14-17-28(18-15-20)16-13-19-9-11-21(27)12-10-19/h5,7-12,20,25H,4,6,13-18H2,1-3H3. The number of hydrogen-bond acceptors (Lipinski definition) is 5. The summed E-state index contributed by atoms with van der Waals surface area (Å²) in [6, 6.07) is 12.4. The number of para-hydroxylation sites is 1. The lowest BCUT2D eigenvalue weighted by atomic mass is 9.86. The molecule has 5 nitrogen and oxygen atoms in total. The molecule has 2 aromatic carbocycles.